The molecule has 20 heavy (non-hydrogen) atoms. The summed E-state index contributed by atoms with van der Waals surface area (Å²) in [7, 11) is 3.48. The molecule has 1 amide bonds. The zero-order valence-corrected chi connectivity index (χ0v) is 13.1. The SMILES string of the molecule is CN=C(NCC(C)(C)OC)N1CCCC(CC(N)=O)C1. The van der Waals surface area contributed by atoms with Gasteiger partial charge in [0.1, 0.15) is 0 Å². The van der Waals surface area contributed by atoms with Gasteiger partial charge in [0.15, 0.2) is 5.96 Å². The normalized spacial score (nSPS) is 20.9. The average Bonchev–Trinajstić information content (AvgIpc) is 2.39. The standard InChI is InChI=1S/C14H28N4O2/c1-14(2,20-4)10-17-13(16-3)18-7-5-6-11(9-18)8-12(15)19/h11H,5-10H2,1-4H3,(H2,15,19)(H,16,17). The van der Waals surface area contributed by atoms with Gasteiger partial charge in [-0.2, -0.15) is 0 Å². The van der Waals surface area contributed by atoms with Crippen LogP contribution < -0.4 is 11.1 Å². The minimum atomic E-state index is -0.238. The fourth-order valence-electron chi connectivity index (χ4n) is 2.40. The Bertz CT molecular complexity index is 355. The van der Waals surface area contributed by atoms with Crippen LogP contribution in [-0.4, -0.2) is 56.2 Å². The number of piperidine rings is 1. The number of carbonyl (C=O) groups excluding carboxylic acids is 1. The highest BCUT2D eigenvalue weighted by molar-refractivity contribution is 5.80. The fourth-order valence-corrected chi connectivity index (χ4v) is 2.40. The molecule has 1 atom stereocenters. The number of likely N-dealkylation sites (tertiary alicyclic amines) is 1. The third kappa shape index (κ3) is 5.36. The molecule has 3 N–H and O–H groups in total. The van der Waals surface area contributed by atoms with Crippen molar-refractivity contribution in [1.29, 1.82) is 0 Å². The lowest BCUT2D eigenvalue weighted by Gasteiger charge is -2.35. The van der Waals surface area contributed by atoms with Crippen LogP contribution in [0.1, 0.15) is 33.1 Å². The van der Waals surface area contributed by atoms with Crippen molar-refractivity contribution in [1.82, 2.24) is 10.2 Å². The summed E-state index contributed by atoms with van der Waals surface area (Å²) >= 11 is 0. The molecule has 1 aliphatic heterocycles. The van der Waals surface area contributed by atoms with E-state index in [1.54, 1.807) is 14.2 Å². The average molecular weight is 284 g/mol. The molecule has 1 saturated heterocycles. The second-order valence-electron chi connectivity index (χ2n) is 5.99. The monoisotopic (exact) mass is 284 g/mol. The Kier molecular flexibility index (Phi) is 6.26. The quantitative estimate of drug-likeness (QED) is 0.571. The third-order valence-corrected chi connectivity index (χ3v) is 3.74. The topological polar surface area (TPSA) is 80.0 Å². The number of guanidine groups is 1. The van der Waals surface area contributed by atoms with Gasteiger partial charge in [-0.05, 0) is 32.6 Å². The van der Waals surface area contributed by atoms with Crippen LogP contribution in [0.5, 0.6) is 0 Å². The van der Waals surface area contributed by atoms with Gasteiger partial charge >= 0.3 is 0 Å². The highest BCUT2D eigenvalue weighted by Crippen LogP contribution is 2.19. The summed E-state index contributed by atoms with van der Waals surface area (Å²) in [4.78, 5) is 17.6. The van der Waals surface area contributed by atoms with E-state index in [9.17, 15) is 4.79 Å². The number of methoxy groups -OCH3 is 1. The predicted molar refractivity (Wildman–Crippen MR) is 80.6 cm³/mol. The lowest BCUT2D eigenvalue weighted by atomic mass is 9.95. The molecule has 0 aromatic heterocycles. The molecule has 0 bridgehead atoms. The first-order valence-electron chi connectivity index (χ1n) is 7.17. The van der Waals surface area contributed by atoms with Crippen molar-refractivity contribution in [2.75, 3.05) is 33.8 Å². The summed E-state index contributed by atoms with van der Waals surface area (Å²) in [6.07, 6.45) is 2.57. The molecule has 6 heteroatoms. The highest BCUT2D eigenvalue weighted by atomic mass is 16.5. The van der Waals surface area contributed by atoms with Crippen molar-refractivity contribution in [2.24, 2.45) is 16.6 Å². The van der Waals surface area contributed by atoms with Gasteiger partial charge in [0.25, 0.3) is 0 Å². The lowest BCUT2D eigenvalue weighted by molar-refractivity contribution is -0.119. The zero-order valence-electron chi connectivity index (χ0n) is 13.1. The highest BCUT2D eigenvalue weighted by Gasteiger charge is 2.25. The molecular weight excluding hydrogens is 256 g/mol. The Morgan fingerprint density at radius 1 is 1.55 bits per heavy atom. The molecule has 0 aromatic carbocycles. The van der Waals surface area contributed by atoms with Gasteiger partial charge in [0.05, 0.1) is 5.60 Å². The van der Waals surface area contributed by atoms with Crippen molar-refractivity contribution in [2.45, 2.75) is 38.7 Å². The van der Waals surface area contributed by atoms with Crippen LogP contribution in [-0.2, 0) is 9.53 Å². The van der Waals surface area contributed by atoms with Gasteiger partial charge < -0.3 is 20.7 Å². The number of amides is 1. The second kappa shape index (κ2) is 7.47. The van der Waals surface area contributed by atoms with E-state index in [0.29, 0.717) is 18.9 Å². The van der Waals surface area contributed by atoms with Crippen LogP contribution in [0.2, 0.25) is 0 Å². The van der Waals surface area contributed by atoms with Crippen LogP contribution in [0.25, 0.3) is 0 Å². The van der Waals surface area contributed by atoms with Gasteiger partial charge in [-0.3, -0.25) is 9.79 Å². The van der Waals surface area contributed by atoms with Crippen molar-refractivity contribution in [3.05, 3.63) is 0 Å². The van der Waals surface area contributed by atoms with Gasteiger partial charge in [0.2, 0.25) is 5.91 Å². The molecular formula is C14H28N4O2. The van der Waals surface area contributed by atoms with Crippen LogP contribution in [0, 0.1) is 5.92 Å². The molecule has 1 aliphatic rings. The predicted octanol–water partition coefficient (Wildman–Crippen LogP) is 0.574. The molecule has 6 nitrogen and oxygen atoms in total. The number of rotatable bonds is 5. The largest absolute Gasteiger partial charge is 0.377 e. The first-order chi connectivity index (χ1) is 9.38. The Morgan fingerprint density at radius 3 is 2.80 bits per heavy atom. The van der Waals surface area contributed by atoms with E-state index in [1.807, 2.05) is 13.8 Å². The number of hydrogen-bond donors (Lipinski definition) is 2. The minimum absolute atomic E-state index is 0.222. The number of ether oxygens (including phenoxy) is 1. The summed E-state index contributed by atoms with van der Waals surface area (Å²) in [5, 5.41) is 3.34. The number of hydrogen-bond acceptors (Lipinski definition) is 3. The van der Waals surface area contributed by atoms with Gasteiger partial charge in [-0.25, -0.2) is 0 Å². The van der Waals surface area contributed by atoms with E-state index in [0.717, 1.165) is 31.9 Å². The van der Waals surface area contributed by atoms with Gasteiger partial charge in [-0.15, -0.1) is 0 Å². The van der Waals surface area contributed by atoms with E-state index in [-0.39, 0.29) is 11.5 Å². The maximum absolute atomic E-state index is 11.1. The van der Waals surface area contributed by atoms with E-state index in [1.165, 1.54) is 0 Å². The maximum Gasteiger partial charge on any atom is 0.217 e. The van der Waals surface area contributed by atoms with Crippen LogP contribution in [0.15, 0.2) is 4.99 Å². The Hall–Kier alpha value is -1.30. The molecule has 0 aliphatic carbocycles. The summed E-state index contributed by atoms with van der Waals surface area (Å²) in [6, 6.07) is 0. The molecule has 0 spiro atoms. The first kappa shape index (κ1) is 16.8. The van der Waals surface area contributed by atoms with Gasteiger partial charge in [0, 0.05) is 40.2 Å². The third-order valence-electron chi connectivity index (χ3n) is 3.74. The molecule has 1 unspecified atom stereocenters. The van der Waals surface area contributed by atoms with Crippen LogP contribution >= 0.6 is 0 Å². The molecule has 1 fully saturated rings. The summed E-state index contributed by atoms with van der Waals surface area (Å²) < 4.78 is 5.40. The molecule has 0 aromatic rings. The smallest absolute Gasteiger partial charge is 0.217 e. The van der Waals surface area contributed by atoms with Gasteiger partial charge in [-0.1, -0.05) is 0 Å². The number of primary amides is 1. The van der Waals surface area contributed by atoms with Crippen molar-refractivity contribution in [3.63, 3.8) is 0 Å². The molecule has 1 rings (SSSR count). The number of carbonyl (C=O) groups is 1. The number of nitrogens with one attached hydrogen (secondary N) is 1. The Balaban J connectivity index is 2.55. The molecule has 116 valence electrons. The first-order valence-corrected chi connectivity index (χ1v) is 7.17. The van der Waals surface area contributed by atoms with Crippen LogP contribution in [0.3, 0.4) is 0 Å². The second-order valence-corrected chi connectivity index (χ2v) is 5.99. The van der Waals surface area contributed by atoms with Crippen LogP contribution in [0.4, 0.5) is 0 Å². The summed E-state index contributed by atoms with van der Waals surface area (Å²) in [5.41, 5.74) is 5.05. The van der Waals surface area contributed by atoms with Crippen molar-refractivity contribution >= 4 is 11.9 Å². The van der Waals surface area contributed by atoms with Crippen molar-refractivity contribution < 1.29 is 9.53 Å². The van der Waals surface area contributed by atoms with Crippen molar-refractivity contribution in [3.8, 4) is 0 Å². The Labute approximate surface area is 121 Å². The van der Waals surface area contributed by atoms with E-state index >= 15 is 0 Å². The number of aliphatic imine (C=N–C) groups is 1. The fraction of sp³-hybridized carbons (Fsp3) is 0.857. The summed E-state index contributed by atoms with van der Waals surface area (Å²) in [5.74, 6) is 0.972. The van der Waals surface area contributed by atoms with E-state index in [2.05, 4.69) is 15.2 Å². The summed E-state index contributed by atoms with van der Waals surface area (Å²) in [6.45, 7) is 6.53. The van der Waals surface area contributed by atoms with E-state index < -0.39 is 0 Å². The number of nitrogens with two attached hydrogens (primary N) is 1. The Morgan fingerprint density at radius 2 is 2.25 bits per heavy atom. The molecule has 0 radical (unpaired) electrons. The maximum atomic E-state index is 11.1. The lowest BCUT2D eigenvalue weighted by Crippen LogP contribution is -2.50. The number of nitrogens with zero attached hydrogens (tertiary/aromatic N) is 2. The minimum Gasteiger partial charge on any atom is -0.377 e. The van der Waals surface area contributed by atoms with E-state index in [4.69, 9.17) is 10.5 Å². The zero-order chi connectivity index (χ0) is 15.2. The molecule has 1 heterocycles. The molecule has 0 saturated carbocycles.